The first kappa shape index (κ1) is 12.5. The van der Waals surface area contributed by atoms with Gasteiger partial charge in [-0.1, -0.05) is 44.2 Å². The number of carbonyl (C=O) groups is 1. The Bertz CT molecular complexity index is 452. The van der Waals surface area contributed by atoms with Crippen molar-refractivity contribution in [1.29, 1.82) is 0 Å². The van der Waals surface area contributed by atoms with E-state index in [0.29, 0.717) is 5.56 Å². The molecule has 1 N–H and O–H groups in total. The molecule has 1 aliphatic heterocycles. The zero-order valence-electron chi connectivity index (χ0n) is 11.2. The van der Waals surface area contributed by atoms with Gasteiger partial charge in [0.15, 0.2) is 6.23 Å². The van der Waals surface area contributed by atoms with Crippen molar-refractivity contribution in [3.05, 3.63) is 29.8 Å². The monoisotopic (exact) mass is 259 g/mol. The predicted molar refractivity (Wildman–Crippen MR) is 74.1 cm³/mol. The minimum absolute atomic E-state index is 0.00417. The zero-order chi connectivity index (χ0) is 13.1. The van der Waals surface area contributed by atoms with Crippen molar-refractivity contribution in [1.82, 2.24) is 5.32 Å². The summed E-state index contributed by atoms with van der Waals surface area (Å²) in [6, 6.07) is 7.46. The third-order valence-corrected chi connectivity index (χ3v) is 4.25. The Morgan fingerprint density at radius 2 is 1.89 bits per heavy atom. The van der Waals surface area contributed by atoms with E-state index in [1.54, 1.807) is 0 Å². The first-order valence-electron chi connectivity index (χ1n) is 7.39. The molecule has 1 aromatic rings. The summed E-state index contributed by atoms with van der Waals surface area (Å²) in [4.78, 5) is 12.0. The summed E-state index contributed by atoms with van der Waals surface area (Å²) in [5, 5.41) is 2.95. The lowest BCUT2D eigenvalue weighted by Crippen LogP contribution is -2.43. The maximum atomic E-state index is 12.0. The molecule has 0 bridgehead atoms. The van der Waals surface area contributed by atoms with Gasteiger partial charge in [-0.25, -0.2) is 0 Å². The van der Waals surface area contributed by atoms with Gasteiger partial charge in [0.05, 0.1) is 5.56 Å². The highest BCUT2D eigenvalue weighted by Crippen LogP contribution is 2.29. The molecule has 3 heteroatoms. The third kappa shape index (κ3) is 2.91. The second-order valence-corrected chi connectivity index (χ2v) is 5.66. The van der Waals surface area contributed by atoms with E-state index in [0.717, 1.165) is 24.5 Å². The number of hydrogen-bond donors (Lipinski definition) is 1. The number of amides is 1. The van der Waals surface area contributed by atoms with Crippen molar-refractivity contribution in [3.8, 4) is 5.75 Å². The molecule has 2 aliphatic rings. The standard InChI is InChI=1S/C16H21NO2/c18-16-13-8-4-5-9-14(13)19-15(17-16)11-10-12-6-2-1-3-7-12/h4-5,8-9,12,15H,1-3,6-7,10-11H2,(H,17,18)/t15-/m0/s1. The first-order valence-corrected chi connectivity index (χ1v) is 7.39. The van der Waals surface area contributed by atoms with E-state index in [9.17, 15) is 4.79 Å². The molecular formula is C16H21NO2. The van der Waals surface area contributed by atoms with Gasteiger partial charge >= 0.3 is 0 Å². The first-order chi connectivity index (χ1) is 9.33. The number of hydrogen-bond acceptors (Lipinski definition) is 2. The fraction of sp³-hybridized carbons (Fsp3) is 0.562. The molecule has 1 fully saturated rings. The summed E-state index contributed by atoms with van der Waals surface area (Å²) in [5.41, 5.74) is 0.649. The van der Waals surface area contributed by atoms with Gasteiger partial charge in [0.25, 0.3) is 5.91 Å². The van der Waals surface area contributed by atoms with Crippen molar-refractivity contribution >= 4 is 5.91 Å². The van der Waals surface area contributed by atoms with Gasteiger partial charge in [0, 0.05) is 6.42 Å². The molecule has 0 saturated heterocycles. The molecule has 3 nitrogen and oxygen atoms in total. The molecule has 0 aromatic heterocycles. The summed E-state index contributed by atoms with van der Waals surface area (Å²) in [6.45, 7) is 0. The molecule has 1 heterocycles. The SMILES string of the molecule is O=C1N[C@H](CCC2CCCCC2)Oc2ccccc21. The van der Waals surface area contributed by atoms with Crippen LogP contribution in [0.25, 0.3) is 0 Å². The molecule has 1 aliphatic carbocycles. The molecule has 3 rings (SSSR count). The molecule has 0 radical (unpaired) electrons. The van der Waals surface area contributed by atoms with Crippen LogP contribution in [0.5, 0.6) is 5.75 Å². The number of carbonyl (C=O) groups excluding carboxylic acids is 1. The molecule has 1 amide bonds. The van der Waals surface area contributed by atoms with Crippen molar-refractivity contribution in [2.24, 2.45) is 5.92 Å². The van der Waals surface area contributed by atoms with E-state index in [4.69, 9.17) is 4.74 Å². The topological polar surface area (TPSA) is 38.3 Å². The van der Waals surface area contributed by atoms with Crippen LogP contribution in [0.15, 0.2) is 24.3 Å². The maximum Gasteiger partial charge on any atom is 0.257 e. The Morgan fingerprint density at radius 3 is 2.74 bits per heavy atom. The van der Waals surface area contributed by atoms with Crippen LogP contribution in [0.2, 0.25) is 0 Å². The largest absolute Gasteiger partial charge is 0.470 e. The van der Waals surface area contributed by atoms with Gasteiger partial charge in [0.2, 0.25) is 0 Å². The summed E-state index contributed by atoms with van der Waals surface area (Å²) < 4.78 is 5.86. The molecule has 102 valence electrons. The molecular weight excluding hydrogens is 238 g/mol. The highest BCUT2D eigenvalue weighted by Gasteiger charge is 2.25. The van der Waals surface area contributed by atoms with Crippen LogP contribution in [0.1, 0.15) is 55.3 Å². The van der Waals surface area contributed by atoms with Crippen molar-refractivity contribution < 1.29 is 9.53 Å². The van der Waals surface area contributed by atoms with E-state index in [2.05, 4.69) is 5.32 Å². The smallest absolute Gasteiger partial charge is 0.257 e. The van der Waals surface area contributed by atoms with Crippen molar-refractivity contribution in [3.63, 3.8) is 0 Å². The molecule has 1 atom stereocenters. The van der Waals surface area contributed by atoms with E-state index in [-0.39, 0.29) is 12.1 Å². The molecule has 0 spiro atoms. The van der Waals surface area contributed by atoms with Crippen LogP contribution in [0, 0.1) is 5.92 Å². The average molecular weight is 259 g/mol. The number of nitrogens with one attached hydrogen (secondary N) is 1. The van der Waals surface area contributed by atoms with Crippen LogP contribution in [-0.2, 0) is 0 Å². The number of fused-ring (bicyclic) bond motifs is 1. The lowest BCUT2D eigenvalue weighted by molar-refractivity contribution is 0.0719. The fourth-order valence-electron chi connectivity index (χ4n) is 3.16. The van der Waals surface area contributed by atoms with Crippen molar-refractivity contribution in [2.45, 2.75) is 51.2 Å². The third-order valence-electron chi connectivity index (χ3n) is 4.25. The number of ether oxygens (including phenoxy) is 1. The molecule has 1 aromatic carbocycles. The van der Waals surface area contributed by atoms with E-state index < -0.39 is 0 Å². The predicted octanol–water partition coefficient (Wildman–Crippen LogP) is 3.50. The number of para-hydroxylation sites is 1. The molecule has 1 saturated carbocycles. The Balaban J connectivity index is 1.57. The summed E-state index contributed by atoms with van der Waals surface area (Å²) in [7, 11) is 0. The maximum absolute atomic E-state index is 12.0. The van der Waals surface area contributed by atoms with Crippen molar-refractivity contribution in [2.75, 3.05) is 0 Å². The van der Waals surface area contributed by atoms with Gasteiger partial charge < -0.3 is 10.1 Å². The van der Waals surface area contributed by atoms with Crippen LogP contribution in [-0.4, -0.2) is 12.1 Å². The quantitative estimate of drug-likeness (QED) is 0.902. The zero-order valence-corrected chi connectivity index (χ0v) is 11.2. The summed E-state index contributed by atoms with van der Waals surface area (Å²) in [6.07, 6.45) is 8.74. The minimum Gasteiger partial charge on any atom is -0.470 e. The average Bonchev–Trinajstić information content (AvgIpc) is 2.46. The lowest BCUT2D eigenvalue weighted by atomic mass is 9.86. The normalized spacial score (nSPS) is 23.4. The highest BCUT2D eigenvalue weighted by molar-refractivity contribution is 5.97. The van der Waals surface area contributed by atoms with Crippen LogP contribution < -0.4 is 10.1 Å². The Hall–Kier alpha value is -1.51. The Kier molecular flexibility index (Phi) is 3.72. The molecule has 19 heavy (non-hydrogen) atoms. The van der Waals surface area contributed by atoms with Gasteiger partial charge in [-0.3, -0.25) is 4.79 Å². The van der Waals surface area contributed by atoms with Gasteiger partial charge in [-0.15, -0.1) is 0 Å². The van der Waals surface area contributed by atoms with Crippen LogP contribution in [0.3, 0.4) is 0 Å². The fourth-order valence-corrected chi connectivity index (χ4v) is 3.16. The van der Waals surface area contributed by atoms with E-state index >= 15 is 0 Å². The minimum atomic E-state index is -0.149. The van der Waals surface area contributed by atoms with E-state index in [1.807, 2.05) is 24.3 Å². The van der Waals surface area contributed by atoms with Gasteiger partial charge in [-0.05, 0) is 24.5 Å². The van der Waals surface area contributed by atoms with Crippen LogP contribution >= 0.6 is 0 Å². The lowest BCUT2D eigenvalue weighted by Gasteiger charge is -2.29. The number of rotatable bonds is 3. The van der Waals surface area contributed by atoms with Gasteiger partial charge in [0.1, 0.15) is 5.75 Å². The second-order valence-electron chi connectivity index (χ2n) is 5.66. The Labute approximate surface area is 114 Å². The second kappa shape index (κ2) is 5.64. The Morgan fingerprint density at radius 1 is 1.11 bits per heavy atom. The van der Waals surface area contributed by atoms with Crippen LogP contribution in [0.4, 0.5) is 0 Å². The van der Waals surface area contributed by atoms with E-state index in [1.165, 1.54) is 32.1 Å². The summed E-state index contributed by atoms with van der Waals surface area (Å²) in [5.74, 6) is 1.54. The van der Waals surface area contributed by atoms with Gasteiger partial charge in [-0.2, -0.15) is 0 Å². The molecule has 0 unspecified atom stereocenters. The number of benzene rings is 1. The highest BCUT2D eigenvalue weighted by atomic mass is 16.5. The summed E-state index contributed by atoms with van der Waals surface area (Å²) >= 11 is 0.